The molecule has 0 atom stereocenters. The number of hydrogen-bond acceptors (Lipinski definition) is 3. The molecule has 1 amide bonds. The highest BCUT2D eigenvalue weighted by molar-refractivity contribution is 7.20. The van der Waals surface area contributed by atoms with Crippen LogP contribution in [0.1, 0.15) is 28.9 Å². The van der Waals surface area contributed by atoms with Gasteiger partial charge < -0.3 is 10.2 Å². The molecular formula is C15H18N2OS. The Bertz CT molecular complexity index is 599. The largest absolute Gasteiger partial charge is 0.388 e. The van der Waals surface area contributed by atoms with E-state index in [2.05, 4.69) is 17.4 Å². The molecule has 0 aliphatic carbocycles. The molecule has 1 aliphatic heterocycles. The lowest BCUT2D eigenvalue weighted by atomic mass is 10.1. The lowest BCUT2D eigenvalue weighted by molar-refractivity contribution is 0.0729. The van der Waals surface area contributed by atoms with Crippen molar-refractivity contribution in [2.24, 2.45) is 0 Å². The van der Waals surface area contributed by atoms with Gasteiger partial charge in [0, 0.05) is 30.5 Å². The summed E-state index contributed by atoms with van der Waals surface area (Å²) in [6.45, 7) is 1.82. The van der Waals surface area contributed by atoms with Gasteiger partial charge in [0.25, 0.3) is 5.91 Å². The Kier molecular flexibility index (Phi) is 3.42. The average molecular weight is 274 g/mol. The second kappa shape index (κ2) is 5.21. The molecule has 100 valence electrons. The Balaban J connectivity index is 1.89. The number of amides is 1. The predicted octanol–water partition coefficient (Wildman–Crippen LogP) is 3.57. The molecule has 0 saturated carbocycles. The van der Waals surface area contributed by atoms with Crippen molar-refractivity contribution in [3.63, 3.8) is 0 Å². The van der Waals surface area contributed by atoms with Crippen LogP contribution in [0.15, 0.2) is 24.3 Å². The minimum Gasteiger partial charge on any atom is -0.388 e. The van der Waals surface area contributed by atoms with Crippen molar-refractivity contribution in [2.45, 2.75) is 19.3 Å². The number of fused-ring (bicyclic) bond motifs is 1. The molecule has 19 heavy (non-hydrogen) atoms. The highest BCUT2D eigenvalue weighted by Gasteiger charge is 2.19. The number of benzene rings is 1. The second-order valence-corrected chi connectivity index (χ2v) is 6.05. The van der Waals surface area contributed by atoms with Crippen molar-refractivity contribution < 1.29 is 4.79 Å². The quantitative estimate of drug-likeness (QED) is 0.908. The van der Waals surface area contributed by atoms with Gasteiger partial charge in [-0.2, -0.15) is 0 Å². The summed E-state index contributed by atoms with van der Waals surface area (Å²) in [5, 5.41) is 4.28. The van der Waals surface area contributed by atoms with Crippen LogP contribution < -0.4 is 5.32 Å². The van der Waals surface area contributed by atoms with Gasteiger partial charge in [-0.25, -0.2) is 0 Å². The molecule has 2 heterocycles. The Morgan fingerprint density at radius 2 is 2.00 bits per heavy atom. The van der Waals surface area contributed by atoms with Crippen LogP contribution in [0.3, 0.4) is 0 Å². The first-order valence-electron chi connectivity index (χ1n) is 6.78. The van der Waals surface area contributed by atoms with E-state index in [-0.39, 0.29) is 5.91 Å². The first kappa shape index (κ1) is 12.5. The number of carbonyl (C=O) groups excluding carboxylic acids is 1. The summed E-state index contributed by atoms with van der Waals surface area (Å²) in [4.78, 5) is 15.3. The summed E-state index contributed by atoms with van der Waals surface area (Å²) in [7, 11) is 1.91. The summed E-state index contributed by atoms with van der Waals surface area (Å²) in [6.07, 6.45) is 3.53. The zero-order valence-corrected chi connectivity index (χ0v) is 11.9. The smallest absolute Gasteiger partial charge is 0.263 e. The molecule has 1 aromatic heterocycles. The van der Waals surface area contributed by atoms with E-state index in [9.17, 15) is 4.79 Å². The number of nitrogens with zero attached hydrogens (tertiary/aromatic N) is 1. The molecule has 0 radical (unpaired) electrons. The fourth-order valence-corrected chi connectivity index (χ4v) is 3.57. The fraction of sp³-hybridized carbons (Fsp3) is 0.400. The highest BCUT2D eigenvalue weighted by Crippen LogP contribution is 2.29. The Morgan fingerprint density at radius 3 is 2.74 bits per heavy atom. The Hall–Kier alpha value is -1.55. The normalized spacial score (nSPS) is 15.7. The van der Waals surface area contributed by atoms with E-state index in [0.717, 1.165) is 41.9 Å². The number of likely N-dealkylation sites (tertiary alicyclic amines) is 1. The summed E-state index contributed by atoms with van der Waals surface area (Å²) in [5.74, 6) is 0.201. The van der Waals surface area contributed by atoms with E-state index in [4.69, 9.17) is 0 Å². The molecule has 1 fully saturated rings. The number of hydrogen-bond donors (Lipinski definition) is 1. The molecule has 1 aromatic carbocycles. The topological polar surface area (TPSA) is 32.3 Å². The molecule has 0 unspecified atom stereocenters. The summed E-state index contributed by atoms with van der Waals surface area (Å²) < 4.78 is 1.18. The van der Waals surface area contributed by atoms with E-state index >= 15 is 0 Å². The van der Waals surface area contributed by atoms with Gasteiger partial charge in [-0.15, -0.1) is 11.3 Å². The second-order valence-electron chi connectivity index (χ2n) is 4.97. The summed E-state index contributed by atoms with van der Waals surface area (Å²) >= 11 is 1.60. The summed E-state index contributed by atoms with van der Waals surface area (Å²) in [6, 6.07) is 8.25. The van der Waals surface area contributed by atoms with Crippen molar-refractivity contribution in [1.29, 1.82) is 0 Å². The SMILES string of the molecule is CNc1ccc2sc(C(=O)N3CCCCC3)cc2c1. The number of piperidine rings is 1. The monoisotopic (exact) mass is 274 g/mol. The van der Waals surface area contributed by atoms with Crippen molar-refractivity contribution >= 4 is 33.0 Å². The summed E-state index contributed by atoms with van der Waals surface area (Å²) in [5.41, 5.74) is 1.09. The van der Waals surface area contributed by atoms with Gasteiger partial charge >= 0.3 is 0 Å². The minimum atomic E-state index is 0.201. The molecular weight excluding hydrogens is 256 g/mol. The van der Waals surface area contributed by atoms with Gasteiger partial charge in [-0.3, -0.25) is 4.79 Å². The number of anilines is 1. The van der Waals surface area contributed by atoms with E-state index in [1.165, 1.54) is 11.1 Å². The van der Waals surface area contributed by atoms with Crippen LogP contribution in [-0.2, 0) is 0 Å². The molecule has 4 heteroatoms. The van der Waals surface area contributed by atoms with Crippen molar-refractivity contribution in [1.82, 2.24) is 4.90 Å². The Morgan fingerprint density at radius 1 is 1.21 bits per heavy atom. The van der Waals surface area contributed by atoms with Crippen molar-refractivity contribution in [3.8, 4) is 0 Å². The highest BCUT2D eigenvalue weighted by atomic mass is 32.1. The van der Waals surface area contributed by atoms with Gasteiger partial charge in [-0.05, 0) is 48.9 Å². The lowest BCUT2D eigenvalue weighted by Gasteiger charge is -2.26. The van der Waals surface area contributed by atoms with Crippen LogP contribution in [0, 0.1) is 0 Å². The van der Waals surface area contributed by atoms with Gasteiger partial charge in [0.2, 0.25) is 0 Å². The zero-order chi connectivity index (χ0) is 13.2. The first-order valence-corrected chi connectivity index (χ1v) is 7.60. The van der Waals surface area contributed by atoms with Gasteiger partial charge in [0.1, 0.15) is 0 Å². The van der Waals surface area contributed by atoms with Crippen LogP contribution in [0.5, 0.6) is 0 Å². The van der Waals surface area contributed by atoms with Crippen molar-refractivity contribution in [3.05, 3.63) is 29.1 Å². The van der Waals surface area contributed by atoms with Crippen LogP contribution in [0.4, 0.5) is 5.69 Å². The third kappa shape index (κ3) is 2.45. The molecule has 0 bridgehead atoms. The minimum absolute atomic E-state index is 0.201. The molecule has 1 saturated heterocycles. The molecule has 2 aromatic rings. The fourth-order valence-electron chi connectivity index (χ4n) is 2.56. The third-order valence-corrected chi connectivity index (χ3v) is 4.76. The van der Waals surface area contributed by atoms with E-state index < -0.39 is 0 Å². The van der Waals surface area contributed by atoms with Crippen LogP contribution in [-0.4, -0.2) is 30.9 Å². The van der Waals surface area contributed by atoms with Gasteiger partial charge in [-0.1, -0.05) is 0 Å². The molecule has 0 spiro atoms. The number of nitrogens with one attached hydrogen (secondary N) is 1. The number of thiophene rings is 1. The maximum absolute atomic E-state index is 12.4. The molecule has 3 nitrogen and oxygen atoms in total. The predicted molar refractivity (Wildman–Crippen MR) is 81.1 cm³/mol. The molecule has 3 rings (SSSR count). The van der Waals surface area contributed by atoms with Gasteiger partial charge in [0.15, 0.2) is 0 Å². The number of rotatable bonds is 2. The Labute approximate surface area is 117 Å². The van der Waals surface area contributed by atoms with Crippen LogP contribution >= 0.6 is 11.3 Å². The molecule has 1 aliphatic rings. The third-order valence-electron chi connectivity index (χ3n) is 3.66. The van der Waals surface area contributed by atoms with E-state index in [1.54, 1.807) is 11.3 Å². The van der Waals surface area contributed by atoms with Crippen molar-refractivity contribution in [2.75, 3.05) is 25.5 Å². The first-order chi connectivity index (χ1) is 9.28. The van der Waals surface area contributed by atoms with Gasteiger partial charge in [0.05, 0.1) is 4.88 Å². The van der Waals surface area contributed by atoms with Crippen LogP contribution in [0.25, 0.3) is 10.1 Å². The van der Waals surface area contributed by atoms with Crippen LogP contribution in [0.2, 0.25) is 0 Å². The lowest BCUT2D eigenvalue weighted by Crippen LogP contribution is -2.35. The van der Waals surface area contributed by atoms with E-state index in [0.29, 0.717) is 0 Å². The molecule has 1 N–H and O–H groups in total. The number of carbonyl (C=O) groups is 1. The average Bonchev–Trinajstić information content (AvgIpc) is 2.90. The zero-order valence-electron chi connectivity index (χ0n) is 11.1. The van der Waals surface area contributed by atoms with E-state index in [1.807, 2.05) is 24.1 Å². The standard InChI is InChI=1S/C15H18N2OS/c1-16-12-5-6-13-11(9-12)10-14(19-13)15(18)17-7-3-2-4-8-17/h5-6,9-10,16H,2-4,7-8H2,1H3. The maximum Gasteiger partial charge on any atom is 0.263 e. The maximum atomic E-state index is 12.4.